The number of fused-ring (bicyclic) bond motifs is 2. The first-order chi connectivity index (χ1) is 10.7. The highest BCUT2D eigenvalue weighted by Crippen LogP contribution is 2.34. The molecule has 0 saturated carbocycles. The molecular weight excluding hydrogens is 423 g/mol. The standard InChI is InChI=1S/C16H26N4OS.HI/c1-10(2)15-19-11(9-22-15)6-7-18-16(17-3)20-13-8-12-4-5-14(13)21-12;/h9-10,12-14H,4-8H2,1-3H3,(H2,17,18,20);1H. The number of hydrogen-bond acceptors (Lipinski definition) is 4. The van der Waals surface area contributed by atoms with Crippen LogP contribution in [0.2, 0.25) is 0 Å². The molecule has 2 fully saturated rings. The number of rotatable bonds is 5. The van der Waals surface area contributed by atoms with Crippen molar-refractivity contribution >= 4 is 41.3 Å². The summed E-state index contributed by atoms with van der Waals surface area (Å²) in [6.45, 7) is 5.22. The van der Waals surface area contributed by atoms with Crippen molar-refractivity contribution in [3.05, 3.63) is 16.1 Å². The van der Waals surface area contributed by atoms with E-state index in [2.05, 4.69) is 39.8 Å². The van der Waals surface area contributed by atoms with Crippen molar-refractivity contribution in [1.82, 2.24) is 15.6 Å². The van der Waals surface area contributed by atoms with Gasteiger partial charge >= 0.3 is 0 Å². The van der Waals surface area contributed by atoms with Crippen LogP contribution in [-0.4, -0.2) is 42.8 Å². The van der Waals surface area contributed by atoms with Crippen molar-refractivity contribution in [1.29, 1.82) is 0 Å². The van der Waals surface area contributed by atoms with Gasteiger partial charge in [-0.2, -0.15) is 0 Å². The lowest BCUT2D eigenvalue weighted by Gasteiger charge is -2.22. The summed E-state index contributed by atoms with van der Waals surface area (Å²) in [4.78, 5) is 8.99. The fourth-order valence-corrected chi connectivity index (χ4v) is 4.04. The summed E-state index contributed by atoms with van der Waals surface area (Å²) in [5.74, 6) is 1.39. The predicted molar refractivity (Wildman–Crippen MR) is 106 cm³/mol. The van der Waals surface area contributed by atoms with Crippen molar-refractivity contribution in [2.45, 2.75) is 63.7 Å². The Labute approximate surface area is 159 Å². The zero-order valence-electron chi connectivity index (χ0n) is 14.0. The predicted octanol–water partition coefficient (Wildman–Crippen LogP) is 2.91. The van der Waals surface area contributed by atoms with Crippen LogP contribution in [0.3, 0.4) is 0 Å². The van der Waals surface area contributed by atoms with Gasteiger partial charge in [-0.1, -0.05) is 13.8 Å². The second-order valence-electron chi connectivity index (χ2n) is 6.44. The summed E-state index contributed by atoms with van der Waals surface area (Å²) in [6.07, 6.45) is 5.26. The summed E-state index contributed by atoms with van der Waals surface area (Å²) in [5.41, 5.74) is 1.17. The summed E-state index contributed by atoms with van der Waals surface area (Å²) in [7, 11) is 1.82. The minimum absolute atomic E-state index is 0. The van der Waals surface area contributed by atoms with E-state index in [1.54, 1.807) is 11.3 Å². The molecule has 0 amide bonds. The van der Waals surface area contributed by atoms with Crippen molar-refractivity contribution in [3.8, 4) is 0 Å². The first-order valence-corrected chi connectivity index (χ1v) is 9.10. The number of ether oxygens (including phenoxy) is 1. The van der Waals surface area contributed by atoms with Gasteiger partial charge in [0, 0.05) is 31.3 Å². The van der Waals surface area contributed by atoms with Crippen LogP contribution in [0.1, 0.15) is 49.7 Å². The van der Waals surface area contributed by atoms with E-state index in [9.17, 15) is 0 Å². The molecule has 2 bridgehead atoms. The van der Waals surface area contributed by atoms with E-state index in [4.69, 9.17) is 4.74 Å². The quantitative estimate of drug-likeness (QED) is 0.412. The number of halogens is 1. The van der Waals surface area contributed by atoms with Crippen molar-refractivity contribution in [2.75, 3.05) is 13.6 Å². The topological polar surface area (TPSA) is 58.5 Å². The van der Waals surface area contributed by atoms with Gasteiger partial charge in [0.15, 0.2) is 5.96 Å². The van der Waals surface area contributed by atoms with Gasteiger partial charge in [-0.05, 0) is 19.3 Å². The normalized spacial score (nSPS) is 26.4. The number of hydrogen-bond donors (Lipinski definition) is 2. The highest BCUT2D eigenvalue weighted by atomic mass is 127. The molecule has 7 heteroatoms. The summed E-state index contributed by atoms with van der Waals surface area (Å²) in [5, 5.41) is 10.3. The summed E-state index contributed by atoms with van der Waals surface area (Å²) in [6, 6.07) is 0.414. The van der Waals surface area contributed by atoms with Crippen LogP contribution in [-0.2, 0) is 11.2 Å². The zero-order valence-corrected chi connectivity index (χ0v) is 17.2. The van der Waals surface area contributed by atoms with Gasteiger partial charge in [-0.15, -0.1) is 35.3 Å². The van der Waals surface area contributed by atoms with Gasteiger partial charge in [-0.3, -0.25) is 4.99 Å². The van der Waals surface area contributed by atoms with Crippen LogP contribution in [0.5, 0.6) is 0 Å². The SMILES string of the molecule is CN=C(NCCc1csc(C(C)C)n1)NC1CC2CCC1O2.I. The first kappa shape index (κ1) is 18.9. The van der Waals surface area contributed by atoms with Crippen LogP contribution in [0, 0.1) is 0 Å². The molecule has 0 aromatic carbocycles. The molecule has 3 heterocycles. The maximum Gasteiger partial charge on any atom is 0.191 e. The van der Waals surface area contributed by atoms with E-state index >= 15 is 0 Å². The Kier molecular flexibility index (Phi) is 7.09. The lowest BCUT2D eigenvalue weighted by atomic mass is 9.96. The Hall–Kier alpha value is -0.410. The zero-order chi connectivity index (χ0) is 15.5. The maximum absolute atomic E-state index is 5.88. The van der Waals surface area contributed by atoms with Crippen LogP contribution in [0.15, 0.2) is 10.4 Å². The molecule has 3 atom stereocenters. The number of guanidine groups is 1. The molecule has 2 aliphatic rings. The average molecular weight is 450 g/mol. The second kappa shape index (κ2) is 8.62. The average Bonchev–Trinajstić information content (AvgIpc) is 3.22. The van der Waals surface area contributed by atoms with Gasteiger partial charge in [-0.25, -0.2) is 4.98 Å². The summed E-state index contributed by atoms with van der Waals surface area (Å²) >= 11 is 1.76. The minimum atomic E-state index is 0. The van der Waals surface area contributed by atoms with Crippen LogP contribution in [0.25, 0.3) is 0 Å². The molecular formula is C16H27IN4OS. The van der Waals surface area contributed by atoms with E-state index in [0.29, 0.717) is 24.2 Å². The monoisotopic (exact) mass is 450 g/mol. The molecule has 3 unspecified atom stereocenters. The Balaban J connectivity index is 0.00000192. The van der Waals surface area contributed by atoms with Crippen molar-refractivity contribution in [3.63, 3.8) is 0 Å². The van der Waals surface area contributed by atoms with Crippen molar-refractivity contribution in [2.24, 2.45) is 4.99 Å². The lowest BCUT2D eigenvalue weighted by molar-refractivity contribution is 0.0992. The smallest absolute Gasteiger partial charge is 0.191 e. The van der Waals surface area contributed by atoms with Gasteiger partial charge in [0.1, 0.15) is 0 Å². The third-order valence-electron chi connectivity index (χ3n) is 4.39. The first-order valence-electron chi connectivity index (χ1n) is 8.22. The summed E-state index contributed by atoms with van der Waals surface area (Å²) < 4.78 is 5.88. The molecule has 2 aliphatic heterocycles. The molecule has 5 nitrogen and oxygen atoms in total. The molecule has 130 valence electrons. The second-order valence-corrected chi connectivity index (χ2v) is 7.33. The highest BCUT2D eigenvalue weighted by Gasteiger charge is 2.41. The Morgan fingerprint density at radius 3 is 2.87 bits per heavy atom. The minimum Gasteiger partial charge on any atom is -0.373 e. The van der Waals surface area contributed by atoms with E-state index in [-0.39, 0.29) is 24.0 Å². The van der Waals surface area contributed by atoms with E-state index in [1.165, 1.54) is 23.5 Å². The third kappa shape index (κ3) is 4.79. The number of nitrogens with one attached hydrogen (secondary N) is 2. The van der Waals surface area contributed by atoms with E-state index < -0.39 is 0 Å². The van der Waals surface area contributed by atoms with Crippen LogP contribution < -0.4 is 10.6 Å². The van der Waals surface area contributed by atoms with Gasteiger partial charge in [0.25, 0.3) is 0 Å². The molecule has 1 aromatic rings. The number of thiazole rings is 1. The Bertz CT molecular complexity index is 534. The molecule has 23 heavy (non-hydrogen) atoms. The van der Waals surface area contributed by atoms with Crippen molar-refractivity contribution < 1.29 is 4.74 Å². The van der Waals surface area contributed by atoms with Gasteiger partial charge < -0.3 is 15.4 Å². The molecule has 1 aromatic heterocycles. The maximum atomic E-state index is 5.88. The van der Waals surface area contributed by atoms with Crippen LogP contribution >= 0.6 is 35.3 Å². The number of aromatic nitrogens is 1. The van der Waals surface area contributed by atoms with Crippen LogP contribution in [0.4, 0.5) is 0 Å². The molecule has 2 N–H and O–H groups in total. The molecule has 0 spiro atoms. The Morgan fingerprint density at radius 2 is 2.30 bits per heavy atom. The molecule has 2 saturated heterocycles. The molecule has 0 aliphatic carbocycles. The largest absolute Gasteiger partial charge is 0.373 e. The van der Waals surface area contributed by atoms with E-state index in [0.717, 1.165) is 25.3 Å². The molecule has 3 rings (SSSR count). The highest BCUT2D eigenvalue weighted by molar-refractivity contribution is 14.0. The van der Waals surface area contributed by atoms with E-state index in [1.807, 2.05) is 7.05 Å². The third-order valence-corrected chi connectivity index (χ3v) is 5.58. The van der Waals surface area contributed by atoms with Gasteiger partial charge in [0.2, 0.25) is 0 Å². The Morgan fingerprint density at radius 1 is 1.48 bits per heavy atom. The fourth-order valence-electron chi connectivity index (χ4n) is 3.17. The molecule has 0 radical (unpaired) electrons. The number of aliphatic imine (C=N–C) groups is 1. The fraction of sp³-hybridized carbons (Fsp3) is 0.750. The lowest BCUT2D eigenvalue weighted by Crippen LogP contribution is -2.47. The van der Waals surface area contributed by atoms with Gasteiger partial charge in [0.05, 0.1) is 29.0 Å². The number of nitrogens with zero attached hydrogens (tertiary/aromatic N) is 2.